The second kappa shape index (κ2) is 10.8. The van der Waals surface area contributed by atoms with Crippen LogP contribution in [0.4, 0.5) is 9.59 Å². The highest BCUT2D eigenvalue weighted by Gasteiger charge is 2.17. The van der Waals surface area contributed by atoms with Crippen molar-refractivity contribution in [3.05, 3.63) is 44.8 Å². The summed E-state index contributed by atoms with van der Waals surface area (Å²) in [4.78, 5) is 27.0. The SMILES string of the molecule is CC(CCCCOC(=O)N(Cc1cccs1)Cc1cccs1)NC(=O)O. The summed E-state index contributed by atoms with van der Waals surface area (Å²) in [7, 11) is 0. The van der Waals surface area contributed by atoms with E-state index in [0.29, 0.717) is 26.1 Å². The summed E-state index contributed by atoms with van der Waals surface area (Å²) in [5, 5.41) is 15.1. The topological polar surface area (TPSA) is 78.9 Å². The van der Waals surface area contributed by atoms with Gasteiger partial charge < -0.3 is 15.2 Å². The quantitative estimate of drug-likeness (QED) is 0.567. The molecular formula is C18H24N2O4S2. The van der Waals surface area contributed by atoms with Crippen molar-refractivity contribution in [3.8, 4) is 0 Å². The van der Waals surface area contributed by atoms with Gasteiger partial charge in [-0.3, -0.25) is 4.90 Å². The van der Waals surface area contributed by atoms with Crippen LogP contribution >= 0.6 is 22.7 Å². The Morgan fingerprint density at radius 1 is 1.15 bits per heavy atom. The highest BCUT2D eigenvalue weighted by molar-refractivity contribution is 7.10. The minimum atomic E-state index is -1.01. The third-order valence-electron chi connectivity index (χ3n) is 3.74. The van der Waals surface area contributed by atoms with E-state index in [9.17, 15) is 9.59 Å². The number of amides is 2. The first kappa shape index (κ1) is 20.3. The summed E-state index contributed by atoms with van der Waals surface area (Å²) < 4.78 is 5.42. The van der Waals surface area contributed by atoms with E-state index in [4.69, 9.17) is 9.84 Å². The molecule has 26 heavy (non-hydrogen) atoms. The fourth-order valence-corrected chi connectivity index (χ4v) is 3.89. The summed E-state index contributed by atoms with van der Waals surface area (Å²) in [6.45, 7) is 3.23. The average Bonchev–Trinajstić information content (AvgIpc) is 3.27. The number of ether oxygens (including phenoxy) is 1. The van der Waals surface area contributed by atoms with Gasteiger partial charge in [0, 0.05) is 15.8 Å². The van der Waals surface area contributed by atoms with Crippen LogP contribution in [0.25, 0.3) is 0 Å². The number of carbonyl (C=O) groups excluding carboxylic acids is 1. The Balaban J connectivity index is 1.75. The molecule has 1 unspecified atom stereocenters. The molecule has 0 aliphatic carbocycles. The van der Waals surface area contributed by atoms with E-state index >= 15 is 0 Å². The number of thiophene rings is 2. The zero-order valence-corrected chi connectivity index (χ0v) is 16.4. The zero-order valence-electron chi connectivity index (χ0n) is 14.7. The van der Waals surface area contributed by atoms with Crippen LogP contribution in [0, 0.1) is 0 Å². The predicted octanol–water partition coefficient (Wildman–Crippen LogP) is 4.77. The molecule has 0 saturated carbocycles. The van der Waals surface area contributed by atoms with Crippen molar-refractivity contribution >= 4 is 34.9 Å². The van der Waals surface area contributed by atoms with E-state index < -0.39 is 6.09 Å². The third-order valence-corrected chi connectivity index (χ3v) is 5.46. The molecule has 2 amide bonds. The summed E-state index contributed by atoms with van der Waals surface area (Å²) >= 11 is 3.24. The van der Waals surface area contributed by atoms with Gasteiger partial charge in [-0.25, -0.2) is 9.59 Å². The average molecular weight is 397 g/mol. The van der Waals surface area contributed by atoms with Crippen molar-refractivity contribution in [2.45, 2.75) is 45.3 Å². The van der Waals surface area contributed by atoms with E-state index in [-0.39, 0.29) is 12.1 Å². The maximum atomic E-state index is 12.5. The number of nitrogens with zero attached hydrogens (tertiary/aromatic N) is 1. The number of unbranched alkanes of at least 4 members (excludes halogenated alkanes) is 1. The molecule has 0 fully saturated rings. The molecule has 142 valence electrons. The van der Waals surface area contributed by atoms with Crippen LogP contribution in [0.15, 0.2) is 35.0 Å². The minimum absolute atomic E-state index is 0.0997. The lowest BCUT2D eigenvalue weighted by Crippen LogP contribution is -2.31. The Morgan fingerprint density at radius 3 is 2.27 bits per heavy atom. The van der Waals surface area contributed by atoms with Crippen molar-refractivity contribution in [2.24, 2.45) is 0 Å². The molecule has 1 atom stereocenters. The number of carbonyl (C=O) groups is 2. The Labute approximate surface area is 161 Å². The van der Waals surface area contributed by atoms with Crippen molar-refractivity contribution in [3.63, 3.8) is 0 Å². The van der Waals surface area contributed by atoms with Gasteiger partial charge in [0.2, 0.25) is 0 Å². The summed E-state index contributed by atoms with van der Waals surface area (Å²) in [6, 6.07) is 7.87. The Morgan fingerprint density at radius 2 is 1.77 bits per heavy atom. The lowest BCUT2D eigenvalue weighted by Gasteiger charge is -2.21. The number of rotatable bonds is 10. The number of hydrogen-bond acceptors (Lipinski definition) is 5. The molecule has 0 aromatic carbocycles. The molecule has 8 heteroatoms. The smallest absolute Gasteiger partial charge is 0.410 e. The number of carboxylic acid groups (broad SMARTS) is 1. The molecule has 2 aromatic rings. The maximum absolute atomic E-state index is 12.5. The molecular weight excluding hydrogens is 372 g/mol. The zero-order chi connectivity index (χ0) is 18.8. The van der Waals surface area contributed by atoms with Crippen molar-refractivity contribution < 1.29 is 19.4 Å². The Kier molecular flexibility index (Phi) is 8.43. The molecule has 2 rings (SSSR count). The first-order chi connectivity index (χ1) is 12.5. The fraction of sp³-hybridized carbons (Fsp3) is 0.444. The highest BCUT2D eigenvalue weighted by Crippen LogP contribution is 2.18. The molecule has 2 aromatic heterocycles. The summed E-state index contributed by atoms with van der Waals surface area (Å²) in [6.07, 6.45) is 0.899. The lowest BCUT2D eigenvalue weighted by atomic mass is 10.1. The molecule has 0 aliphatic heterocycles. The van der Waals surface area contributed by atoms with Gasteiger partial charge in [-0.15, -0.1) is 22.7 Å². The lowest BCUT2D eigenvalue weighted by molar-refractivity contribution is 0.0959. The summed E-state index contributed by atoms with van der Waals surface area (Å²) in [5.41, 5.74) is 0. The van der Waals surface area contributed by atoms with Gasteiger partial charge in [0.25, 0.3) is 0 Å². The second-order valence-electron chi connectivity index (χ2n) is 5.98. The normalized spacial score (nSPS) is 11.7. The highest BCUT2D eigenvalue weighted by atomic mass is 32.1. The van der Waals surface area contributed by atoms with Gasteiger partial charge in [0.05, 0.1) is 19.7 Å². The van der Waals surface area contributed by atoms with Crippen molar-refractivity contribution in [2.75, 3.05) is 6.61 Å². The third kappa shape index (κ3) is 7.45. The minimum Gasteiger partial charge on any atom is -0.465 e. The number of hydrogen-bond donors (Lipinski definition) is 2. The molecule has 2 heterocycles. The Bertz CT molecular complexity index is 623. The van der Waals surface area contributed by atoms with Gasteiger partial charge in [-0.1, -0.05) is 12.1 Å². The maximum Gasteiger partial charge on any atom is 0.410 e. The largest absolute Gasteiger partial charge is 0.465 e. The second-order valence-corrected chi connectivity index (χ2v) is 8.04. The van der Waals surface area contributed by atoms with E-state index in [1.54, 1.807) is 27.6 Å². The van der Waals surface area contributed by atoms with Crippen LogP contribution in [-0.2, 0) is 17.8 Å². The summed E-state index contributed by atoms with van der Waals surface area (Å²) in [5.74, 6) is 0. The van der Waals surface area contributed by atoms with Gasteiger partial charge >= 0.3 is 12.2 Å². The van der Waals surface area contributed by atoms with Crippen molar-refractivity contribution in [1.29, 1.82) is 0 Å². The van der Waals surface area contributed by atoms with Crippen LogP contribution in [-0.4, -0.2) is 34.8 Å². The standard InChI is InChI=1S/C18H24N2O4S2/c1-14(19-17(21)22)6-2-3-9-24-18(23)20(12-15-7-4-10-25-15)13-16-8-5-11-26-16/h4-5,7-8,10-11,14,19H,2-3,6,9,12-13H2,1H3,(H,21,22). The first-order valence-corrected chi connectivity index (χ1v) is 10.3. The van der Waals surface area contributed by atoms with E-state index in [1.165, 1.54) is 0 Å². The van der Waals surface area contributed by atoms with Gasteiger partial charge in [0.1, 0.15) is 0 Å². The molecule has 0 bridgehead atoms. The van der Waals surface area contributed by atoms with Gasteiger partial charge in [-0.05, 0) is 49.1 Å². The van der Waals surface area contributed by atoms with Gasteiger partial charge in [0.15, 0.2) is 0 Å². The Hall–Kier alpha value is -2.06. The monoisotopic (exact) mass is 396 g/mol. The van der Waals surface area contributed by atoms with E-state index in [0.717, 1.165) is 22.6 Å². The van der Waals surface area contributed by atoms with Crippen LogP contribution < -0.4 is 5.32 Å². The molecule has 0 radical (unpaired) electrons. The van der Waals surface area contributed by atoms with Crippen LogP contribution in [0.1, 0.15) is 35.9 Å². The molecule has 2 N–H and O–H groups in total. The van der Waals surface area contributed by atoms with Crippen LogP contribution in [0.2, 0.25) is 0 Å². The van der Waals surface area contributed by atoms with Crippen LogP contribution in [0.3, 0.4) is 0 Å². The fourth-order valence-electron chi connectivity index (χ4n) is 2.45. The molecule has 6 nitrogen and oxygen atoms in total. The van der Waals surface area contributed by atoms with E-state index in [2.05, 4.69) is 5.32 Å². The predicted molar refractivity (Wildman–Crippen MR) is 104 cm³/mol. The van der Waals surface area contributed by atoms with Crippen molar-refractivity contribution in [1.82, 2.24) is 10.2 Å². The molecule has 0 saturated heterocycles. The first-order valence-electron chi connectivity index (χ1n) is 8.50. The van der Waals surface area contributed by atoms with E-state index in [1.807, 2.05) is 41.9 Å². The molecule has 0 aliphatic rings. The number of nitrogens with one attached hydrogen (secondary N) is 1. The molecule has 0 spiro atoms. The van der Waals surface area contributed by atoms with Crippen LogP contribution in [0.5, 0.6) is 0 Å². The van der Waals surface area contributed by atoms with Gasteiger partial charge in [-0.2, -0.15) is 0 Å².